The summed E-state index contributed by atoms with van der Waals surface area (Å²) in [5.41, 5.74) is 0. The average Bonchev–Trinajstić information content (AvgIpc) is 1.89. The summed E-state index contributed by atoms with van der Waals surface area (Å²) in [7, 11) is -1.59. The van der Waals surface area contributed by atoms with Gasteiger partial charge in [0.05, 0.1) is 13.2 Å². The van der Waals surface area contributed by atoms with Crippen LogP contribution in [-0.4, -0.2) is 18.1 Å². The van der Waals surface area contributed by atoms with Crippen LogP contribution in [0.4, 0.5) is 0 Å². The van der Waals surface area contributed by atoms with Crippen molar-refractivity contribution in [1.82, 2.24) is 0 Å². The van der Waals surface area contributed by atoms with E-state index in [1.165, 1.54) is 0 Å². The van der Waals surface area contributed by atoms with Crippen LogP contribution in [0.3, 0.4) is 0 Å². The van der Waals surface area contributed by atoms with Crippen LogP contribution in [0.5, 0.6) is 0 Å². The van der Waals surface area contributed by atoms with Gasteiger partial charge in [0.2, 0.25) is 0 Å². The molecule has 0 aliphatic carbocycles. The molecule has 1 unspecified atom stereocenters. The maximum Gasteiger partial charge on any atom is 0.329 e. The van der Waals surface area contributed by atoms with E-state index in [4.69, 9.17) is 13.9 Å². The summed E-state index contributed by atoms with van der Waals surface area (Å²) >= 11 is 0. The fourth-order valence-corrected chi connectivity index (χ4v) is 1.02. The molecular weight excluding hydrogens is 151 g/mol. The molecule has 0 radical (unpaired) electrons. The molecule has 1 atom stereocenters. The van der Waals surface area contributed by atoms with Gasteiger partial charge in [-0.05, 0) is 13.3 Å². The van der Waals surface area contributed by atoms with Crippen LogP contribution < -0.4 is 0 Å². The molecule has 0 spiro atoms. The first kappa shape index (κ1) is 10.3. The lowest BCUT2D eigenvalue weighted by Crippen LogP contribution is -1.91. The Morgan fingerprint density at radius 2 is 2.00 bits per heavy atom. The highest BCUT2D eigenvalue weighted by molar-refractivity contribution is 7.40. The molecule has 62 valence electrons. The quantitative estimate of drug-likeness (QED) is 0.484. The molecule has 1 N–H and O–H groups in total. The Morgan fingerprint density at radius 1 is 1.30 bits per heavy atom. The van der Waals surface area contributed by atoms with E-state index in [1.807, 2.05) is 6.92 Å². The van der Waals surface area contributed by atoms with Gasteiger partial charge in [-0.15, -0.1) is 0 Å². The lowest BCUT2D eigenvalue weighted by Gasteiger charge is -2.07. The van der Waals surface area contributed by atoms with Crippen molar-refractivity contribution in [2.45, 2.75) is 26.7 Å². The first-order chi connectivity index (χ1) is 4.81. The minimum atomic E-state index is -1.59. The van der Waals surface area contributed by atoms with Crippen molar-refractivity contribution in [1.29, 1.82) is 0 Å². The van der Waals surface area contributed by atoms with E-state index in [-0.39, 0.29) is 0 Å². The third-order valence-electron chi connectivity index (χ3n) is 0.939. The molecular formula is C6H15O3P. The number of unbranched alkanes of at least 4 members (excludes halogenated alkanes) is 1. The Morgan fingerprint density at radius 3 is 2.50 bits per heavy atom. The topological polar surface area (TPSA) is 38.7 Å². The van der Waals surface area contributed by atoms with Gasteiger partial charge in [-0.1, -0.05) is 13.3 Å². The highest BCUT2D eigenvalue weighted by Crippen LogP contribution is 2.32. The van der Waals surface area contributed by atoms with Gasteiger partial charge in [-0.3, -0.25) is 0 Å². The summed E-state index contributed by atoms with van der Waals surface area (Å²) in [5, 5.41) is 0. The number of hydrogen-bond acceptors (Lipinski definition) is 3. The number of rotatable bonds is 6. The van der Waals surface area contributed by atoms with Crippen LogP contribution in [0.25, 0.3) is 0 Å². The molecule has 0 fully saturated rings. The van der Waals surface area contributed by atoms with Crippen molar-refractivity contribution >= 4 is 8.60 Å². The zero-order valence-corrected chi connectivity index (χ0v) is 7.43. The highest BCUT2D eigenvalue weighted by Gasteiger charge is 2.02. The van der Waals surface area contributed by atoms with Gasteiger partial charge < -0.3 is 13.9 Å². The molecule has 0 heterocycles. The van der Waals surface area contributed by atoms with Gasteiger partial charge in [0.1, 0.15) is 0 Å². The van der Waals surface area contributed by atoms with Crippen molar-refractivity contribution in [3.05, 3.63) is 0 Å². The largest absolute Gasteiger partial charge is 0.329 e. The van der Waals surface area contributed by atoms with Crippen LogP contribution in [0, 0.1) is 0 Å². The molecule has 0 bridgehead atoms. The fourth-order valence-electron chi connectivity index (χ4n) is 0.435. The minimum Gasteiger partial charge on any atom is -0.328 e. The lowest BCUT2D eigenvalue weighted by molar-refractivity contribution is 0.205. The van der Waals surface area contributed by atoms with E-state index in [2.05, 4.69) is 6.92 Å². The van der Waals surface area contributed by atoms with Gasteiger partial charge in [0, 0.05) is 0 Å². The number of hydrogen-bond donors (Lipinski definition) is 1. The predicted octanol–water partition coefficient (Wildman–Crippen LogP) is 2.06. The lowest BCUT2D eigenvalue weighted by atomic mass is 10.4. The van der Waals surface area contributed by atoms with E-state index >= 15 is 0 Å². The second kappa shape index (κ2) is 7.42. The third kappa shape index (κ3) is 6.43. The van der Waals surface area contributed by atoms with E-state index < -0.39 is 8.60 Å². The highest BCUT2D eigenvalue weighted by atomic mass is 31.2. The van der Waals surface area contributed by atoms with E-state index in [0.29, 0.717) is 13.2 Å². The molecule has 0 aromatic heterocycles. The molecule has 0 saturated heterocycles. The Balaban J connectivity index is 2.97. The van der Waals surface area contributed by atoms with Gasteiger partial charge in [-0.25, -0.2) is 0 Å². The molecule has 0 saturated carbocycles. The first-order valence-corrected chi connectivity index (χ1v) is 4.69. The standard InChI is InChI=1S/C6H15O3P/c1-3-5-6-9-10(7)8-4-2/h7H,3-6H2,1-2H3. The summed E-state index contributed by atoms with van der Waals surface area (Å²) in [4.78, 5) is 8.90. The first-order valence-electron chi connectivity index (χ1n) is 3.56. The maximum absolute atomic E-state index is 8.90. The molecule has 0 amide bonds. The molecule has 0 aliphatic rings. The molecule has 3 nitrogen and oxygen atoms in total. The van der Waals surface area contributed by atoms with Crippen molar-refractivity contribution in [3.63, 3.8) is 0 Å². The van der Waals surface area contributed by atoms with Crippen LogP contribution in [0.15, 0.2) is 0 Å². The van der Waals surface area contributed by atoms with Crippen molar-refractivity contribution in [3.8, 4) is 0 Å². The summed E-state index contributed by atoms with van der Waals surface area (Å²) in [5.74, 6) is 0. The smallest absolute Gasteiger partial charge is 0.328 e. The fraction of sp³-hybridized carbons (Fsp3) is 1.00. The molecule has 0 aliphatic heterocycles. The second-order valence-corrected chi connectivity index (χ2v) is 2.83. The van der Waals surface area contributed by atoms with Crippen molar-refractivity contribution in [2.75, 3.05) is 13.2 Å². The van der Waals surface area contributed by atoms with E-state index in [9.17, 15) is 0 Å². The maximum atomic E-state index is 8.90. The Kier molecular flexibility index (Phi) is 7.65. The van der Waals surface area contributed by atoms with Gasteiger partial charge in [0.15, 0.2) is 0 Å². The van der Waals surface area contributed by atoms with Gasteiger partial charge in [0.25, 0.3) is 0 Å². The van der Waals surface area contributed by atoms with Crippen LogP contribution in [0.1, 0.15) is 26.7 Å². The van der Waals surface area contributed by atoms with E-state index in [0.717, 1.165) is 12.8 Å². The minimum absolute atomic E-state index is 0.508. The van der Waals surface area contributed by atoms with Crippen LogP contribution in [0.2, 0.25) is 0 Å². The zero-order valence-electron chi connectivity index (χ0n) is 6.54. The van der Waals surface area contributed by atoms with Gasteiger partial charge in [-0.2, -0.15) is 0 Å². The Labute approximate surface area is 63.3 Å². The SMILES string of the molecule is CCCCOP(O)OCC. The third-order valence-corrected chi connectivity index (χ3v) is 1.82. The Bertz CT molecular complexity index is 70.0. The Hall–Kier alpha value is 0.310. The molecule has 10 heavy (non-hydrogen) atoms. The van der Waals surface area contributed by atoms with Crippen LogP contribution in [-0.2, 0) is 9.05 Å². The summed E-state index contributed by atoms with van der Waals surface area (Å²) in [6, 6.07) is 0. The summed E-state index contributed by atoms with van der Waals surface area (Å²) in [6.45, 7) is 5.01. The monoisotopic (exact) mass is 166 g/mol. The van der Waals surface area contributed by atoms with Crippen LogP contribution >= 0.6 is 8.60 Å². The molecule has 4 heteroatoms. The van der Waals surface area contributed by atoms with Crippen molar-refractivity contribution in [2.24, 2.45) is 0 Å². The average molecular weight is 166 g/mol. The summed E-state index contributed by atoms with van der Waals surface area (Å²) in [6.07, 6.45) is 2.06. The molecule has 0 aromatic rings. The second-order valence-electron chi connectivity index (χ2n) is 1.84. The molecule has 0 aromatic carbocycles. The predicted molar refractivity (Wildman–Crippen MR) is 41.6 cm³/mol. The zero-order chi connectivity index (χ0) is 7.82. The normalized spacial score (nSPS) is 13.5. The van der Waals surface area contributed by atoms with E-state index in [1.54, 1.807) is 0 Å². The summed E-state index contributed by atoms with van der Waals surface area (Å²) < 4.78 is 9.71. The van der Waals surface area contributed by atoms with Crippen molar-refractivity contribution < 1.29 is 13.9 Å². The van der Waals surface area contributed by atoms with Gasteiger partial charge >= 0.3 is 8.60 Å². The molecule has 0 rings (SSSR count).